The summed E-state index contributed by atoms with van der Waals surface area (Å²) in [5.74, 6) is 2.50. The molecule has 0 radical (unpaired) electrons. The summed E-state index contributed by atoms with van der Waals surface area (Å²) < 4.78 is 0.491. The topological polar surface area (TPSA) is 28.7 Å². The molecule has 2 nitrogen and oxygen atoms in total. The van der Waals surface area contributed by atoms with Crippen LogP contribution in [0.25, 0.3) is 11.1 Å². The zero-order valence-electron chi connectivity index (χ0n) is 9.43. The summed E-state index contributed by atoms with van der Waals surface area (Å²) in [5, 5.41) is 7.47. The van der Waals surface area contributed by atoms with E-state index >= 15 is 0 Å². The molecule has 3 rings (SSSR count). The Labute approximate surface area is 110 Å². The van der Waals surface area contributed by atoms with Crippen LogP contribution in [0, 0.1) is 0 Å². The lowest BCUT2D eigenvalue weighted by Gasteiger charge is -2.20. The molecule has 1 saturated heterocycles. The van der Waals surface area contributed by atoms with E-state index < -0.39 is 0 Å². The van der Waals surface area contributed by atoms with Gasteiger partial charge in [-0.15, -0.1) is 23.5 Å². The highest BCUT2D eigenvalue weighted by Crippen LogP contribution is 2.45. The molecule has 1 aromatic carbocycles. The number of aromatic nitrogens is 2. The quantitative estimate of drug-likeness (QED) is 0.888. The second kappa shape index (κ2) is 5.19. The molecule has 88 valence electrons. The third-order valence-electron chi connectivity index (χ3n) is 2.81. The van der Waals surface area contributed by atoms with Crippen LogP contribution >= 0.6 is 23.5 Å². The molecule has 0 spiro atoms. The van der Waals surface area contributed by atoms with Crippen molar-refractivity contribution in [1.82, 2.24) is 10.2 Å². The SMILES string of the molecule is c1ccc(-c2c[nH]nc2C2SCCCS2)cc1. The van der Waals surface area contributed by atoms with Crippen molar-refractivity contribution in [3.63, 3.8) is 0 Å². The molecule has 1 aromatic heterocycles. The van der Waals surface area contributed by atoms with Gasteiger partial charge in [0, 0.05) is 11.8 Å². The van der Waals surface area contributed by atoms with E-state index in [-0.39, 0.29) is 0 Å². The number of thioether (sulfide) groups is 2. The molecule has 2 aromatic rings. The van der Waals surface area contributed by atoms with E-state index in [4.69, 9.17) is 0 Å². The maximum absolute atomic E-state index is 4.45. The molecule has 0 bridgehead atoms. The molecule has 0 amide bonds. The molecule has 4 heteroatoms. The highest BCUT2D eigenvalue weighted by Gasteiger charge is 2.22. The van der Waals surface area contributed by atoms with E-state index in [1.54, 1.807) is 0 Å². The summed E-state index contributed by atoms with van der Waals surface area (Å²) in [5.41, 5.74) is 3.70. The standard InChI is InChI=1S/C13H14N2S2/c1-2-5-10(6-3-1)11-9-14-15-12(11)13-16-7-4-8-17-13/h1-3,5-6,9,13H,4,7-8H2,(H,14,15). The lowest BCUT2D eigenvalue weighted by Crippen LogP contribution is -2.01. The van der Waals surface area contributed by atoms with Gasteiger partial charge in [-0.3, -0.25) is 5.10 Å². The van der Waals surface area contributed by atoms with Gasteiger partial charge in [-0.1, -0.05) is 30.3 Å². The number of hydrogen-bond acceptors (Lipinski definition) is 3. The van der Waals surface area contributed by atoms with Crippen LogP contribution in [0.5, 0.6) is 0 Å². The molecule has 1 aliphatic heterocycles. The van der Waals surface area contributed by atoms with Crippen molar-refractivity contribution in [1.29, 1.82) is 0 Å². The van der Waals surface area contributed by atoms with Crippen LogP contribution in [-0.2, 0) is 0 Å². The second-order valence-corrected chi connectivity index (χ2v) is 6.70. The first-order valence-corrected chi connectivity index (χ1v) is 7.87. The number of hydrogen-bond donors (Lipinski definition) is 1. The highest BCUT2D eigenvalue weighted by atomic mass is 32.2. The number of aromatic amines is 1. The monoisotopic (exact) mass is 262 g/mol. The lowest BCUT2D eigenvalue weighted by molar-refractivity contribution is 1.02. The average Bonchev–Trinajstić information content (AvgIpc) is 2.90. The van der Waals surface area contributed by atoms with Crippen LogP contribution in [0.3, 0.4) is 0 Å². The first-order valence-electron chi connectivity index (χ1n) is 5.77. The van der Waals surface area contributed by atoms with Crippen LogP contribution in [0.2, 0.25) is 0 Å². The molecule has 1 aliphatic rings. The van der Waals surface area contributed by atoms with E-state index in [2.05, 4.69) is 34.5 Å². The Bertz CT molecular complexity index is 475. The van der Waals surface area contributed by atoms with Crippen LogP contribution < -0.4 is 0 Å². The Morgan fingerprint density at radius 3 is 2.65 bits per heavy atom. The van der Waals surface area contributed by atoms with Gasteiger partial charge >= 0.3 is 0 Å². The maximum atomic E-state index is 4.45. The molecule has 1 fully saturated rings. The van der Waals surface area contributed by atoms with E-state index in [1.165, 1.54) is 34.7 Å². The minimum absolute atomic E-state index is 0.491. The Balaban J connectivity index is 1.93. The number of H-pyrrole nitrogens is 1. The van der Waals surface area contributed by atoms with Crippen LogP contribution in [0.15, 0.2) is 36.5 Å². The summed E-state index contributed by atoms with van der Waals surface area (Å²) in [7, 11) is 0. The molecule has 0 unspecified atom stereocenters. The molecule has 1 N–H and O–H groups in total. The fourth-order valence-corrected chi connectivity index (χ4v) is 4.85. The Morgan fingerprint density at radius 2 is 1.88 bits per heavy atom. The van der Waals surface area contributed by atoms with Crippen LogP contribution in [0.4, 0.5) is 0 Å². The van der Waals surface area contributed by atoms with Crippen LogP contribution in [0.1, 0.15) is 16.7 Å². The normalized spacial score (nSPS) is 17.2. The van der Waals surface area contributed by atoms with E-state index in [0.717, 1.165) is 0 Å². The Morgan fingerprint density at radius 1 is 1.12 bits per heavy atom. The number of benzene rings is 1. The fourth-order valence-electron chi connectivity index (χ4n) is 1.97. The van der Waals surface area contributed by atoms with Gasteiger partial charge in [0.05, 0.1) is 10.3 Å². The summed E-state index contributed by atoms with van der Waals surface area (Å²) in [6.45, 7) is 0. The Hall–Kier alpha value is -0.870. The first kappa shape index (κ1) is 11.2. The highest BCUT2D eigenvalue weighted by molar-refractivity contribution is 8.16. The van der Waals surface area contributed by atoms with Gasteiger partial charge in [-0.25, -0.2) is 0 Å². The van der Waals surface area contributed by atoms with Crippen molar-refractivity contribution in [2.45, 2.75) is 11.0 Å². The van der Waals surface area contributed by atoms with E-state index in [1.807, 2.05) is 35.8 Å². The second-order valence-electron chi connectivity index (χ2n) is 3.98. The van der Waals surface area contributed by atoms with Crippen molar-refractivity contribution >= 4 is 23.5 Å². The molecule has 0 saturated carbocycles. The molecular formula is C13H14N2S2. The molecular weight excluding hydrogens is 248 g/mol. The van der Waals surface area contributed by atoms with E-state index in [0.29, 0.717) is 4.58 Å². The average molecular weight is 262 g/mol. The van der Waals surface area contributed by atoms with Gasteiger partial charge in [0.2, 0.25) is 0 Å². The lowest BCUT2D eigenvalue weighted by atomic mass is 10.1. The smallest absolute Gasteiger partial charge is 0.0946 e. The van der Waals surface area contributed by atoms with Gasteiger partial charge < -0.3 is 0 Å². The maximum Gasteiger partial charge on any atom is 0.0946 e. The van der Waals surface area contributed by atoms with Gasteiger partial charge in [0.25, 0.3) is 0 Å². The predicted octanol–water partition coefficient (Wildman–Crippen LogP) is 3.95. The zero-order chi connectivity index (χ0) is 11.5. The van der Waals surface area contributed by atoms with Gasteiger partial charge in [0.15, 0.2) is 0 Å². The summed E-state index contributed by atoms with van der Waals surface area (Å²) in [6, 6.07) is 10.5. The predicted molar refractivity (Wildman–Crippen MR) is 76.3 cm³/mol. The zero-order valence-corrected chi connectivity index (χ0v) is 11.1. The fraction of sp³-hybridized carbons (Fsp3) is 0.308. The van der Waals surface area contributed by atoms with E-state index in [9.17, 15) is 0 Å². The van der Waals surface area contributed by atoms with Crippen LogP contribution in [-0.4, -0.2) is 21.7 Å². The molecule has 17 heavy (non-hydrogen) atoms. The molecule has 0 atom stereocenters. The van der Waals surface area contributed by atoms with Crippen molar-refractivity contribution < 1.29 is 0 Å². The first-order chi connectivity index (χ1) is 8.45. The summed E-state index contributed by atoms with van der Waals surface area (Å²) in [4.78, 5) is 0. The minimum Gasteiger partial charge on any atom is -0.285 e. The summed E-state index contributed by atoms with van der Waals surface area (Å²) in [6.07, 6.45) is 3.33. The summed E-state index contributed by atoms with van der Waals surface area (Å²) >= 11 is 4.02. The van der Waals surface area contributed by atoms with Crippen molar-refractivity contribution in [2.75, 3.05) is 11.5 Å². The largest absolute Gasteiger partial charge is 0.285 e. The van der Waals surface area contributed by atoms with Gasteiger partial charge in [0.1, 0.15) is 0 Å². The number of rotatable bonds is 2. The third-order valence-corrected chi connectivity index (χ3v) is 5.72. The van der Waals surface area contributed by atoms with Gasteiger partial charge in [-0.05, 0) is 23.5 Å². The van der Waals surface area contributed by atoms with Crippen molar-refractivity contribution in [3.8, 4) is 11.1 Å². The Kier molecular flexibility index (Phi) is 3.43. The number of nitrogens with zero attached hydrogens (tertiary/aromatic N) is 1. The molecule has 2 heterocycles. The third kappa shape index (κ3) is 2.38. The van der Waals surface area contributed by atoms with Crippen molar-refractivity contribution in [3.05, 3.63) is 42.2 Å². The molecule has 0 aliphatic carbocycles. The number of nitrogens with one attached hydrogen (secondary N) is 1. The minimum atomic E-state index is 0.491. The van der Waals surface area contributed by atoms with Gasteiger partial charge in [-0.2, -0.15) is 5.10 Å². The van der Waals surface area contributed by atoms with Crippen molar-refractivity contribution in [2.24, 2.45) is 0 Å².